The zero-order valence-electron chi connectivity index (χ0n) is 15.4. The van der Waals surface area contributed by atoms with Gasteiger partial charge in [0.1, 0.15) is 0 Å². The molecule has 0 fully saturated rings. The molecule has 3 N–H and O–H groups in total. The number of benzene rings is 1. The maximum absolute atomic E-state index is 13.5. The summed E-state index contributed by atoms with van der Waals surface area (Å²) in [4.78, 5) is 21.4. The van der Waals surface area contributed by atoms with Gasteiger partial charge < -0.3 is 5.73 Å². The molecule has 158 valence electrons. The lowest BCUT2D eigenvalue weighted by Gasteiger charge is -2.25. The second kappa shape index (κ2) is 8.27. The van der Waals surface area contributed by atoms with Gasteiger partial charge in [0, 0.05) is 11.6 Å². The zero-order chi connectivity index (χ0) is 22.1. The van der Waals surface area contributed by atoms with Gasteiger partial charge in [-0.2, -0.15) is 23.3 Å². The van der Waals surface area contributed by atoms with Gasteiger partial charge in [-0.15, -0.1) is 0 Å². The Morgan fingerprint density at radius 1 is 1.27 bits per heavy atom. The van der Waals surface area contributed by atoms with Gasteiger partial charge in [-0.3, -0.25) is 14.8 Å². The van der Waals surface area contributed by atoms with E-state index in [-0.39, 0.29) is 18.4 Å². The minimum atomic E-state index is -4.84. The number of aromatic amines is 1. The highest BCUT2D eigenvalue weighted by Gasteiger charge is 2.39. The second-order valence-corrected chi connectivity index (χ2v) is 6.86. The largest absolute Gasteiger partial charge is 0.433 e. The summed E-state index contributed by atoms with van der Waals surface area (Å²) in [6.45, 7) is 1.63. The van der Waals surface area contributed by atoms with E-state index in [0.717, 1.165) is 22.9 Å². The van der Waals surface area contributed by atoms with Crippen LogP contribution >= 0.6 is 11.6 Å². The molecule has 0 spiro atoms. The topological polar surface area (TPSA) is 101 Å². The molecule has 1 unspecified atom stereocenters. The van der Waals surface area contributed by atoms with Gasteiger partial charge >= 0.3 is 6.18 Å². The molecule has 3 rings (SSSR count). The Labute approximate surface area is 172 Å². The molecule has 0 aliphatic heterocycles. The first-order valence-corrected chi connectivity index (χ1v) is 8.91. The molecule has 3 aromatic rings. The Bertz CT molecular complexity index is 1050. The molecule has 12 heteroatoms. The summed E-state index contributed by atoms with van der Waals surface area (Å²) in [7, 11) is 0. The summed E-state index contributed by atoms with van der Waals surface area (Å²) in [5, 5.41) is 5.62. The normalized spacial score (nSPS) is 12.6. The third kappa shape index (κ3) is 4.51. The summed E-state index contributed by atoms with van der Waals surface area (Å²) >= 11 is 5.88. The number of nitrogens with zero attached hydrogens (tertiary/aromatic N) is 4. The lowest BCUT2D eigenvalue weighted by molar-refractivity contribution is -0.141. The van der Waals surface area contributed by atoms with E-state index in [4.69, 9.17) is 17.3 Å². The molecule has 0 saturated heterocycles. The van der Waals surface area contributed by atoms with E-state index < -0.39 is 35.0 Å². The van der Waals surface area contributed by atoms with Gasteiger partial charge in [0.05, 0.1) is 18.0 Å². The van der Waals surface area contributed by atoms with Crippen LogP contribution in [-0.4, -0.2) is 32.6 Å². The van der Waals surface area contributed by atoms with E-state index >= 15 is 0 Å². The summed E-state index contributed by atoms with van der Waals surface area (Å²) in [6.07, 6.45) is -3.33. The van der Waals surface area contributed by atoms with Gasteiger partial charge in [-0.05, 0) is 23.6 Å². The number of alkyl halides is 3. The van der Waals surface area contributed by atoms with Crippen LogP contribution in [0.5, 0.6) is 0 Å². The van der Waals surface area contributed by atoms with Crippen molar-refractivity contribution in [3.05, 3.63) is 64.3 Å². The van der Waals surface area contributed by atoms with Crippen molar-refractivity contribution in [1.82, 2.24) is 20.2 Å². The molecule has 0 aliphatic rings. The highest BCUT2D eigenvalue weighted by molar-refractivity contribution is 6.30. The van der Waals surface area contributed by atoms with Crippen molar-refractivity contribution >= 4 is 29.3 Å². The molecule has 1 amide bonds. The number of amides is 1. The van der Waals surface area contributed by atoms with Crippen molar-refractivity contribution in [3.8, 4) is 0 Å². The molecule has 0 aliphatic carbocycles. The predicted octanol–water partition coefficient (Wildman–Crippen LogP) is 4.04. The fourth-order valence-corrected chi connectivity index (χ4v) is 2.86. The zero-order valence-corrected chi connectivity index (χ0v) is 16.2. The number of rotatable bonds is 5. The average Bonchev–Trinajstić information content (AvgIpc) is 3.19. The van der Waals surface area contributed by atoms with Crippen molar-refractivity contribution in [2.45, 2.75) is 19.0 Å². The maximum atomic E-state index is 13.5. The SMILES string of the molecule is CC(CN(C(=O)c1cn[nH]c1C(F)(F)F)c1ncc(F)c(N)n1)c1ccc(Cl)cc1. The third-order valence-corrected chi connectivity index (χ3v) is 4.55. The van der Waals surface area contributed by atoms with Crippen LogP contribution in [0.2, 0.25) is 5.02 Å². The Morgan fingerprint density at radius 3 is 2.53 bits per heavy atom. The van der Waals surface area contributed by atoms with Gasteiger partial charge in [-0.1, -0.05) is 30.7 Å². The van der Waals surface area contributed by atoms with Crippen molar-refractivity contribution in [3.63, 3.8) is 0 Å². The number of nitrogens with two attached hydrogens (primary N) is 1. The minimum absolute atomic E-state index is 0.117. The number of H-pyrrole nitrogens is 1. The van der Waals surface area contributed by atoms with Gasteiger partial charge in [0.2, 0.25) is 5.95 Å². The number of hydrogen-bond acceptors (Lipinski definition) is 5. The van der Waals surface area contributed by atoms with Crippen molar-refractivity contribution < 1.29 is 22.4 Å². The summed E-state index contributed by atoms with van der Waals surface area (Å²) in [5.74, 6) is -3.23. The number of halogens is 5. The fraction of sp³-hybridized carbons (Fsp3) is 0.222. The first-order valence-electron chi connectivity index (χ1n) is 8.53. The van der Waals surface area contributed by atoms with Crippen LogP contribution in [0.25, 0.3) is 0 Å². The number of aromatic nitrogens is 4. The molecule has 2 aromatic heterocycles. The van der Waals surface area contributed by atoms with E-state index in [0.29, 0.717) is 5.02 Å². The number of nitrogen functional groups attached to an aromatic ring is 1. The minimum Gasteiger partial charge on any atom is -0.381 e. The molecular formula is C18H15ClF4N6O. The summed E-state index contributed by atoms with van der Waals surface area (Å²) in [6, 6.07) is 6.72. The van der Waals surface area contributed by atoms with E-state index in [1.165, 1.54) is 0 Å². The lowest BCUT2D eigenvalue weighted by atomic mass is 10.0. The monoisotopic (exact) mass is 442 g/mol. The van der Waals surface area contributed by atoms with Crippen LogP contribution in [0.3, 0.4) is 0 Å². The molecule has 0 radical (unpaired) electrons. The maximum Gasteiger partial charge on any atom is 0.433 e. The van der Waals surface area contributed by atoms with Crippen LogP contribution in [0.1, 0.15) is 34.5 Å². The first kappa shape index (κ1) is 21.5. The second-order valence-electron chi connectivity index (χ2n) is 6.43. The Hall–Kier alpha value is -3.21. The molecule has 1 aromatic carbocycles. The van der Waals surface area contributed by atoms with E-state index in [1.807, 2.05) is 0 Å². The third-order valence-electron chi connectivity index (χ3n) is 4.29. The van der Waals surface area contributed by atoms with Gasteiger partial charge in [0.25, 0.3) is 5.91 Å². The fourth-order valence-electron chi connectivity index (χ4n) is 2.74. The molecule has 2 heterocycles. The highest BCUT2D eigenvalue weighted by Crippen LogP contribution is 2.32. The smallest absolute Gasteiger partial charge is 0.381 e. The van der Waals surface area contributed by atoms with Crippen LogP contribution in [0.4, 0.5) is 29.3 Å². The first-order chi connectivity index (χ1) is 14.1. The van der Waals surface area contributed by atoms with Crippen LogP contribution < -0.4 is 10.6 Å². The Morgan fingerprint density at radius 2 is 1.93 bits per heavy atom. The van der Waals surface area contributed by atoms with Gasteiger partial charge in [-0.25, -0.2) is 9.37 Å². The Kier molecular flexibility index (Phi) is 5.92. The predicted molar refractivity (Wildman–Crippen MR) is 102 cm³/mol. The Balaban J connectivity index is 2.01. The van der Waals surface area contributed by atoms with Crippen LogP contribution in [-0.2, 0) is 6.18 Å². The van der Waals surface area contributed by atoms with Crippen molar-refractivity contribution in [2.24, 2.45) is 0 Å². The highest BCUT2D eigenvalue weighted by atomic mass is 35.5. The molecule has 7 nitrogen and oxygen atoms in total. The molecule has 0 saturated carbocycles. The van der Waals surface area contributed by atoms with Crippen LogP contribution in [0.15, 0.2) is 36.7 Å². The van der Waals surface area contributed by atoms with Crippen molar-refractivity contribution in [2.75, 3.05) is 17.2 Å². The molecule has 0 bridgehead atoms. The summed E-state index contributed by atoms with van der Waals surface area (Å²) < 4.78 is 53.2. The van der Waals surface area contributed by atoms with Gasteiger partial charge in [0.15, 0.2) is 17.3 Å². The van der Waals surface area contributed by atoms with E-state index in [9.17, 15) is 22.4 Å². The number of hydrogen-bond donors (Lipinski definition) is 2. The van der Waals surface area contributed by atoms with Crippen molar-refractivity contribution in [1.29, 1.82) is 0 Å². The van der Waals surface area contributed by atoms with Crippen LogP contribution in [0, 0.1) is 5.82 Å². The standard InChI is InChI=1S/C18H15ClF4N6O/c1-9(10-2-4-11(19)5-3-10)8-29(17-25-7-13(20)15(24)27-17)16(30)12-6-26-28-14(12)18(21,22)23/h2-7,9H,8H2,1H3,(H,26,28)(H2,24,25,27). The van der Waals surface area contributed by atoms with E-state index in [1.54, 1.807) is 36.3 Å². The number of carbonyl (C=O) groups excluding carboxylic acids is 1. The molecule has 1 atom stereocenters. The number of anilines is 2. The van der Waals surface area contributed by atoms with E-state index in [2.05, 4.69) is 15.1 Å². The molecular weight excluding hydrogens is 428 g/mol. The quantitative estimate of drug-likeness (QED) is 0.581. The molecule has 30 heavy (non-hydrogen) atoms. The number of nitrogens with one attached hydrogen (secondary N) is 1. The lowest BCUT2D eigenvalue weighted by Crippen LogP contribution is -2.36. The summed E-state index contributed by atoms with van der Waals surface area (Å²) in [5.41, 5.74) is 4.18. The number of carbonyl (C=O) groups is 1. The average molecular weight is 443 g/mol.